The van der Waals surface area contributed by atoms with Gasteiger partial charge < -0.3 is 20.1 Å². The molecule has 0 amide bonds. The Bertz CT molecular complexity index is 212. The summed E-state index contributed by atoms with van der Waals surface area (Å²) in [4.78, 5) is 11.0. The monoisotopic (exact) mass is 248 g/mol. The molecule has 0 aromatic heterocycles. The molecular weight excluding hydrogens is 228 g/mol. The van der Waals surface area contributed by atoms with E-state index in [2.05, 4.69) is 10.6 Å². The van der Waals surface area contributed by atoms with Gasteiger partial charge in [0.05, 0.1) is 13.2 Å². The Kier molecular flexibility index (Phi) is 10.0. The Morgan fingerprint density at radius 2 is 2.00 bits per heavy atom. The first-order valence-electron chi connectivity index (χ1n) is 5.37. The van der Waals surface area contributed by atoms with E-state index in [9.17, 15) is 4.79 Å². The molecule has 0 aromatic carbocycles. The summed E-state index contributed by atoms with van der Waals surface area (Å²) in [5, 5.41) is 6.56. The lowest BCUT2D eigenvalue weighted by molar-refractivity contribution is -0.143. The van der Waals surface area contributed by atoms with Gasteiger partial charge in [-0.3, -0.25) is 4.79 Å². The first-order chi connectivity index (χ1) is 7.70. The maximum absolute atomic E-state index is 11.0. The van der Waals surface area contributed by atoms with E-state index in [1.807, 2.05) is 0 Å². The maximum atomic E-state index is 11.0. The van der Waals surface area contributed by atoms with Gasteiger partial charge in [0.2, 0.25) is 0 Å². The number of hydrogen-bond acceptors (Lipinski definition) is 4. The highest BCUT2D eigenvalue weighted by atomic mass is 32.1. The minimum absolute atomic E-state index is 0.164. The Morgan fingerprint density at radius 1 is 1.31 bits per heavy atom. The van der Waals surface area contributed by atoms with Crippen LogP contribution in [0.5, 0.6) is 0 Å². The van der Waals surface area contributed by atoms with E-state index in [-0.39, 0.29) is 5.97 Å². The van der Waals surface area contributed by atoms with Crippen LogP contribution in [-0.4, -0.2) is 44.5 Å². The summed E-state index contributed by atoms with van der Waals surface area (Å²) in [7, 11) is 1.64. The largest absolute Gasteiger partial charge is 0.466 e. The lowest BCUT2D eigenvalue weighted by Gasteiger charge is -2.09. The second-order valence-electron chi connectivity index (χ2n) is 3.08. The van der Waals surface area contributed by atoms with Crippen molar-refractivity contribution in [2.24, 2.45) is 0 Å². The van der Waals surface area contributed by atoms with Crippen LogP contribution in [0.25, 0.3) is 0 Å². The van der Waals surface area contributed by atoms with E-state index in [4.69, 9.17) is 21.7 Å². The minimum atomic E-state index is -0.164. The van der Waals surface area contributed by atoms with Crippen LogP contribution in [-0.2, 0) is 14.3 Å². The molecule has 0 aliphatic heterocycles. The van der Waals surface area contributed by atoms with E-state index in [0.717, 1.165) is 0 Å². The highest BCUT2D eigenvalue weighted by molar-refractivity contribution is 7.80. The number of hydrogen-bond donors (Lipinski definition) is 2. The first-order valence-corrected chi connectivity index (χ1v) is 5.77. The molecule has 5 nitrogen and oxygen atoms in total. The van der Waals surface area contributed by atoms with Gasteiger partial charge in [-0.05, 0) is 25.6 Å². The molecule has 0 saturated heterocycles. The van der Waals surface area contributed by atoms with Crippen molar-refractivity contribution < 1.29 is 14.3 Å². The van der Waals surface area contributed by atoms with E-state index in [0.29, 0.717) is 44.3 Å². The number of thiocarbonyl (C=S) groups is 1. The van der Waals surface area contributed by atoms with Gasteiger partial charge in [-0.25, -0.2) is 0 Å². The molecule has 0 bridgehead atoms. The molecule has 0 saturated carbocycles. The van der Waals surface area contributed by atoms with E-state index in [1.54, 1.807) is 14.0 Å². The zero-order valence-corrected chi connectivity index (χ0v) is 10.7. The van der Waals surface area contributed by atoms with Crippen molar-refractivity contribution in [1.82, 2.24) is 10.6 Å². The molecule has 0 spiro atoms. The van der Waals surface area contributed by atoms with E-state index < -0.39 is 0 Å². The number of carbonyl (C=O) groups is 1. The smallest absolute Gasteiger partial charge is 0.305 e. The molecule has 0 aromatic rings. The molecule has 0 fully saturated rings. The molecule has 0 radical (unpaired) electrons. The van der Waals surface area contributed by atoms with Crippen molar-refractivity contribution in [1.29, 1.82) is 0 Å². The lowest BCUT2D eigenvalue weighted by atomic mass is 10.3. The van der Waals surface area contributed by atoms with Crippen LogP contribution in [0.2, 0.25) is 0 Å². The van der Waals surface area contributed by atoms with Crippen molar-refractivity contribution in [2.75, 3.05) is 33.4 Å². The summed E-state index contributed by atoms with van der Waals surface area (Å²) in [5.74, 6) is -0.164. The van der Waals surface area contributed by atoms with Crippen LogP contribution in [0, 0.1) is 0 Å². The lowest BCUT2D eigenvalue weighted by Crippen LogP contribution is -2.37. The van der Waals surface area contributed by atoms with Crippen molar-refractivity contribution in [3.8, 4) is 0 Å². The first kappa shape index (κ1) is 15.1. The quantitative estimate of drug-likeness (QED) is 0.369. The number of ether oxygens (including phenoxy) is 2. The molecular formula is C10H20N2O3S. The fourth-order valence-corrected chi connectivity index (χ4v) is 1.20. The zero-order valence-electron chi connectivity index (χ0n) is 9.88. The molecule has 94 valence electrons. The van der Waals surface area contributed by atoms with Crippen LogP contribution < -0.4 is 10.6 Å². The molecule has 0 aliphatic rings. The number of rotatable bonds is 8. The van der Waals surface area contributed by atoms with Crippen LogP contribution >= 0.6 is 12.2 Å². The van der Waals surface area contributed by atoms with Gasteiger partial charge in [0.25, 0.3) is 0 Å². The third-order valence-corrected chi connectivity index (χ3v) is 2.03. The molecule has 0 rings (SSSR count). The summed E-state index contributed by atoms with van der Waals surface area (Å²) < 4.78 is 9.66. The average molecular weight is 248 g/mol. The van der Waals surface area contributed by atoms with Crippen LogP contribution in [0.1, 0.15) is 19.8 Å². The summed E-state index contributed by atoms with van der Waals surface area (Å²) >= 11 is 5.00. The fraction of sp³-hybridized carbons (Fsp3) is 0.800. The fourth-order valence-electron chi connectivity index (χ4n) is 0.997. The zero-order chi connectivity index (χ0) is 12.2. The predicted molar refractivity (Wildman–Crippen MR) is 66.3 cm³/mol. The van der Waals surface area contributed by atoms with Crippen molar-refractivity contribution >= 4 is 23.3 Å². The van der Waals surface area contributed by atoms with Crippen LogP contribution in [0.3, 0.4) is 0 Å². The van der Waals surface area contributed by atoms with Gasteiger partial charge in [-0.15, -0.1) is 0 Å². The highest BCUT2D eigenvalue weighted by Crippen LogP contribution is 1.91. The molecule has 2 N–H and O–H groups in total. The SMILES string of the molecule is CCOC(=O)CCCNC(=S)NCCOC. The van der Waals surface area contributed by atoms with Crippen LogP contribution in [0.4, 0.5) is 0 Å². The Morgan fingerprint density at radius 3 is 2.62 bits per heavy atom. The van der Waals surface area contributed by atoms with Gasteiger partial charge in [0, 0.05) is 26.6 Å². The van der Waals surface area contributed by atoms with E-state index in [1.165, 1.54) is 0 Å². The van der Waals surface area contributed by atoms with Gasteiger partial charge >= 0.3 is 5.97 Å². The predicted octanol–water partition coefficient (Wildman–Crippen LogP) is 0.440. The number of carbonyl (C=O) groups excluding carboxylic acids is 1. The normalized spacial score (nSPS) is 9.62. The second kappa shape index (κ2) is 10.6. The van der Waals surface area contributed by atoms with Gasteiger partial charge in [0.1, 0.15) is 0 Å². The number of nitrogens with one attached hydrogen (secondary N) is 2. The molecule has 0 aliphatic carbocycles. The van der Waals surface area contributed by atoms with Gasteiger partial charge in [-0.2, -0.15) is 0 Å². The second-order valence-corrected chi connectivity index (χ2v) is 3.49. The highest BCUT2D eigenvalue weighted by Gasteiger charge is 2.01. The summed E-state index contributed by atoms with van der Waals surface area (Å²) in [6.07, 6.45) is 1.13. The summed E-state index contributed by atoms with van der Waals surface area (Å²) in [5.41, 5.74) is 0. The Hall–Kier alpha value is -0.880. The number of esters is 1. The number of methoxy groups -OCH3 is 1. The molecule has 16 heavy (non-hydrogen) atoms. The molecule has 0 atom stereocenters. The topological polar surface area (TPSA) is 59.6 Å². The summed E-state index contributed by atoms with van der Waals surface area (Å²) in [6, 6.07) is 0. The third-order valence-electron chi connectivity index (χ3n) is 1.74. The molecule has 6 heteroatoms. The Labute approximate surface area is 102 Å². The minimum Gasteiger partial charge on any atom is -0.466 e. The third kappa shape index (κ3) is 9.67. The standard InChI is InChI=1S/C10H20N2O3S/c1-3-15-9(13)5-4-6-11-10(16)12-7-8-14-2/h3-8H2,1-2H3,(H2,11,12,16). The van der Waals surface area contributed by atoms with Crippen molar-refractivity contribution in [3.05, 3.63) is 0 Å². The van der Waals surface area contributed by atoms with Crippen molar-refractivity contribution in [2.45, 2.75) is 19.8 Å². The summed E-state index contributed by atoms with van der Waals surface area (Å²) in [6.45, 7) is 4.19. The molecule has 0 heterocycles. The van der Waals surface area contributed by atoms with Crippen LogP contribution in [0.15, 0.2) is 0 Å². The Balaban J connectivity index is 3.30. The maximum Gasteiger partial charge on any atom is 0.305 e. The van der Waals surface area contributed by atoms with Gasteiger partial charge in [0.15, 0.2) is 5.11 Å². The average Bonchev–Trinajstić information content (AvgIpc) is 2.25. The molecule has 0 unspecified atom stereocenters. The van der Waals surface area contributed by atoms with Crippen molar-refractivity contribution in [3.63, 3.8) is 0 Å². The van der Waals surface area contributed by atoms with Gasteiger partial charge in [-0.1, -0.05) is 0 Å². The van der Waals surface area contributed by atoms with E-state index >= 15 is 0 Å².